The molecule has 0 saturated heterocycles. The summed E-state index contributed by atoms with van der Waals surface area (Å²) >= 11 is 6.07. The van der Waals surface area contributed by atoms with Crippen molar-refractivity contribution < 1.29 is 4.79 Å². The maximum atomic E-state index is 12.2. The van der Waals surface area contributed by atoms with Gasteiger partial charge in [-0.2, -0.15) is 0 Å². The lowest BCUT2D eigenvalue weighted by atomic mass is 9.94. The van der Waals surface area contributed by atoms with E-state index in [4.69, 9.17) is 11.6 Å². The summed E-state index contributed by atoms with van der Waals surface area (Å²) in [6.07, 6.45) is 3.98. The van der Waals surface area contributed by atoms with Crippen LogP contribution in [0.15, 0.2) is 18.2 Å². The number of carbonyl (C=O) groups excluding carboxylic acids is 1. The van der Waals surface area contributed by atoms with Gasteiger partial charge in [0.1, 0.15) is 0 Å². The Hall–Kier alpha value is -1.02. The first kappa shape index (κ1) is 13.4. The van der Waals surface area contributed by atoms with Crippen molar-refractivity contribution >= 4 is 17.5 Å². The molecule has 0 aliphatic heterocycles. The smallest absolute Gasteiger partial charge is 0.251 e. The minimum absolute atomic E-state index is 0.0468. The fourth-order valence-corrected chi connectivity index (χ4v) is 2.78. The van der Waals surface area contributed by atoms with E-state index in [2.05, 4.69) is 5.32 Å². The first-order valence-electron chi connectivity index (χ1n) is 6.58. The van der Waals surface area contributed by atoms with Crippen LogP contribution in [0.2, 0.25) is 0 Å². The third kappa shape index (κ3) is 3.26. The topological polar surface area (TPSA) is 29.1 Å². The van der Waals surface area contributed by atoms with E-state index in [-0.39, 0.29) is 11.9 Å². The quantitative estimate of drug-likeness (QED) is 0.814. The Morgan fingerprint density at radius 2 is 1.89 bits per heavy atom. The van der Waals surface area contributed by atoms with Crippen LogP contribution >= 0.6 is 11.6 Å². The van der Waals surface area contributed by atoms with Crippen molar-refractivity contribution in [2.75, 3.05) is 0 Å². The SMILES string of the molecule is Cc1ccc(C(=O)NC2CCC(Cl)CC2)c(C)c1. The highest BCUT2D eigenvalue weighted by Crippen LogP contribution is 2.23. The summed E-state index contributed by atoms with van der Waals surface area (Å²) in [7, 11) is 0. The van der Waals surface area contributed by atoms with Crippen LogP contribution in [-0.2, 0) is 0 Å². The molecule has 0 atom stereocenters. The number of aryl methyl sites for hydroxylation is 2. The van der Waals surface area contributed by atoms with Gasteiger partial charge in [-0.15, -0.1) is 11.6 Å². The summed E-state index contributed by atoms with van der Waals surface area (Å²) in [6.45, 7) is 4.02. The van der Waals surface area contributed by atoms with Crippen LogP contribution in [0.5, 0.6) is 0 Å². The Labute approximate surface area is 114 Å². The number of hydrogen-bond acceptors (Lipinski definition) is 1. The Balaban J connectivity index is 1.99. The van der Waals surface area contributed by atoms with Gasteiger partial charge in [-0.25, -0.2) is 0 Å². The summed E-state index contributed by atoms with van der Waals surface area (Å²) in [5.41, 5.74) is 3.01. The molecule has 0 aromatic heterocycles. The van der Waals surface area contributed by atoms with Gasteiger partial charge in [0.05, 0.1) is 0 Å². The van der Waals surface area contributed by atoms with Crippen LogP contribution in [0, 0.1) is 13.8 Å². The zero-order valence-corrected chi connectivity index (χ0v) is 11.8. The molecule has 18 heavy (non-hydrogen) atoms. The van der Waals surface area contributed by atoms with E-state index < -0.39 is 0 Å². The number of carbonyl (C=O) groups is 1. The molecule has 2 nitrogen and oxygen atoms in total. The molecule has 1 aromatic carbocycles. The van der Waals surface area contributed by atoms with Crippen molar-refractivity contribution in [3.05, 3.63) is 34.9 Å². The van der Waals surface area contributed by atoms with E-state index in [0.29, 0.717) is 5.38 Å². The molecule has 0 heterocycles. The van der Waals surface area contributed by atoms with Gasteiger partial charge in [0, 0.05) is 17.0 Å². The van der Waals surface area contributed by atoms with Crippen LogP contribution in [0.3, 0.4) is 0 Å². The zero-order valence-electron chi connectivity index (χ0n) is 11.0. The highest BCUT2D eigenvalue weighted by atomic mass is 35.5. The molecular weight excluding hydrogens is 246 g/mol. The molecule has 1 aliphatic rings. The molecule has 0 unspecified atom stereocenters. The molecule has 3 heteroatoms. The molecule has 0 spiro atoms. The molecule has 1 saturated carbocycles. The van der Waals surface area contributed by atoms with Gasteiger partial charge in [0.25, 0.3) is 5.91 Å². The van der Waals surface area contributed by atoms with E-state index in [9.17, 15) is 4.79 Å². The minimum atomic E-state index is 0.0468. The molecule has 1 N–H and O–H groups in total. The number of halogens is 1. The summed E-state index contributed by atoms with van der Waals surface area (Å²) in [4.78, 5) is 12.2. The summed E-state index contributed by atoms with van der Waals surface area (Å²) in [6, 6.07) is 6.23. The van der Waals surface area contributed by atoms with Gasteiger partial charge in [-0.1, -0.05) is 17.7 Å². The minimum Gasteiger partial charge on any atom is -0.349 e. The van der Waals surface area contributed by atoms with E-state index in [1.807, 2.05) is 32.0 Å². The Morgan fingerprint density at radius 1 is 1.22 bits per heavy atom. The Bertz CT molecular complexity index is 436. The van der Waals surface area contributed by atoms with E-state index in [1.54, 1.807) is 0 Å². The predicted octanol–water partition coefficient (Wildman–Crippen LogP) is 3.58. The van der Waals surface area contributed by atoms with Crippen molar-refractivity contribution in [3.8, 4) is 0 Å². The van der Waals surface area contributed by atoms with Gasteiger partial charge in [-0.3, -0.25) is 4.79 Å². The lowest BCUT2D eigenvalue weighted by Crippen LogP contribution is -2.38. The Morgan fingerprint density at radius 3 is 2.50 bits per heavy atom. The molecule has 1 aromatic rings. The number of nitrogens with one attached hydrogen (secondary N) is 1. The fraction of sp³-hybridized carbons (Fsp3) is 0.533. The van der Waals surface area contributed by atoms with E-state index in [1.165, 1.54) is 5.56 Å². The lowest BCUT2D eigenvalue weighted by molar-refractivity contribution is 0.0927. The van der Waals surface area contributed by atoms with Crippen molar-refractivity contribution in [1.82, 2.24) is 5.32 Å². The van der Waals surface area contributed by atoms with Gasteiger partial charge in [0.15, 0.2) is 0 Å². The maximum Gasteiger partial charge on any atom is 0.251 e. The van der Waals surface area contributed by atoms with E-state index >= 15 is 0 Å². The second-order valence-electron chi connectivity index (χ2n) is 5.24. The van der Waals surface area contributed by atoms with Gasteiger partial charge >= 0.3 is 0 Å². The van der Waals surface area contributed by atoms with Crippen molar-refractivity contribution in [3.63, 3.8) is 0 Å². The largest absolute Gasteiger partial charge is 0.349 e. The zero-order chi connectivity index (χ0) is 13.1. The first-order chi connectivity index (χ1) is 8.56. The molecule has 0 radical (unpaired) electrons. The molecule has 0 bridgehead atoms. The summed E-state index contributed by atoms with van der Waals surface area (Å²) in [5, 5.41) is 3.41. The number of alkyl halides is 1. The second kappa shape index (κ2) is 5.75. The van der Waals surface area contributed by atoms with Crippen LogP contribution in [0.1, 0.15) is 47.2 Å². The van der Waals surface area contributed by atoms with Crippen molar-refractivity contribution in [2.24, 2.45) is 0 Å². The molecule has 1 aliphatic carbocycles. The van der Waals surface area contributed by atoms with Crippen molar-refractivity contribution in [1.29, 1.82) is 0 Å². The molecule has 1 fully saturated rings. The predicted molar refractivity (Wildman–Crippen MR) is 75.3 cm³/mol. The van der Waals surface area contributed by atoms with Crippen LogP contribution in [0.25, 0.3) is 0 Å². The summed E-state index contributed by atoms with van der Waals surface area (Å²) in [5.74, 6) is 0.0468. The van der Waals surface area contributed by atoms with Gasteiger partial charge in [0.2, 0.25) is 0 Å². The highest BCUT2D eigenvalue weighted by molar-refractivity contribution is 6.20. The molecule has 1 amide bonds. The first-order valence-corrected chi connectivity index (χ1v) is 7.02. The molecular formula is C15H20ClNO. The molecule has 98 valence electrons. The maximum absolute atomic E-state index is 12.2. The lowest BCUT2D eigenvalue weighted by Gasteiger charge is -2.26. The number of hydrogen-bond donors (Lipinski definition) is 1. The monoisotopic (exact) mass is 265 g/mol. The van der Waals surface area contributed by atoms with E-state index in [0.717, 1.165) is 36.8 Å². The van der Waals surface area contributed by atoms with Crippen LogP contribution in [-0.4, -0.2) is 17.3 Å². The average Bonchev–Trinajstić information content (AvgIpc) is 2.32. The van der Waals surface area contributed by atoms with Gasteiger partial charge in [-0.05, 0) is 51.2 Å². The third-order valence-corrected chi connectivity index (χ3v) is 4.05. The van der Waals surface area contributed by atoms with Crippen LogP contribution in [0.4, 0.5) is 0 Å². The summed E-state index contributed by atoms with van der Waals surface area (Å²) < 4.78 is 0. The van der Waals surface area contributed by atoms with Crippen molar-refractivity contribution in [2.45, 2.75) is 50.9 Å². The number of amides is 1. The highest BCUT2D eigenvalue weighted by Gasteiger charge is 2.21. The normalized spacial score (nSPS) is 23.7. The molecule has 2 rings (SSSR count). The number of benzene rings is 1. The standard InChI is InChI=1S/C15H20ClNO/c1-10-3-8-14(11(2)9-10)15(18)17-13-6-4-12(16)5-7-13/h3,8-9,12-13H,4-7H2,1-2H3,(H,17,18). The van der Waals surface area contributed by atoms with Gasteiger partial charge < -0.3 is 5.32 Å². The fourth-order valence-electron chi connectivity index (χ4n) is 2.53. The Kier molecular flexibility index (Phi) is 4.28. The second-order valence-corrected chi connectivity index (χ2v) is 5.86. The average molecular weight is 266 g/mol. The number of rotatable bonds is 2. The third-order valence-electron chi connectivity index (χ3n) is 3.62. The van der Waals surface area contributed by atoms with Crippen LogP contribution < -0.4 is 5.32 Å².